The van der Waals surface area contributed by atoms with Gasteiger partial charge in [0.05, 0.1) is 6.42 Å². The van der Waals surface area contributed by atoms with E-state index in [1.54, 1.807) is 12.1 Å². The molecule has 0 saturated carbocycles. The number of nitrogens with one attached hydrogen (secondary N) is 1. The second-order valence-electron chi connectivity index (χ2n) is 4.25. The van der Waals surface area contributed by atoms with Gasteiger partial charge in [0.25, 0.3) is 0 Å². The van der Waals surface area contributed by atoms with Gasteiger partial charge in [-0.05, 0) is 12.5 Å². The predicted molar refractivity (Wildman–Crippen MR) is 65.1 cm³/mol. The lowest BCUT2D eigenvalue weighted by Crippen LogP contribution is -2.42. The summed E-state index contributed by atoms with van der Waals surface area (Å²) in [6.45, 7) is 1.90. The molecule has 0 fully saturated rings. The zero-order chi connectivity index (χ0) is 14.4. The Morgan fingerprint density at radius 2 is 1.84 bits per heavy atom. The van der Waals surface area contributed by atoms with Gasteiger partial charge in [-0.1, -0.05) is 29.8 Å². The molecule has 0 saturated heterocycles. The number of rotatable bonds is 6. The highest BCUT2D eigenvalue weighted by Gasteiger charge is 2.23. The molecule has 0 spiro atoms. The van der Waals surface area contributed by atoms with Gasteiger partial charge in [-0.3, -0.25) is 4.79 Å². The molecule has 4 nitrogen and oxygen atoms in total. The van der Waals surface area contributed by atoms with E-state index in [1.165, 1.54) is 0 Å². The summed E-state index contributed by atoms with van der Waals surface area (Å²) < 4.78 is 24.3. The highest BCUT2D eigenvalue weighted by molar-refractivity contribution is 5.84. The van der Waals surface area contributed by atoms with Crippen LogP contribution in [0, 0.1) is 6.92 Å². The number of carbonyl (C=O) groups is 2. The standard InChI is InChI=1S/C13H15F2NO3/c1-8-2-4-9(5-3-8)6-12(17)16-10(13(18)19)7-11(14)15/h2-5,10-11H,6-7H2,1H3,(H,16,17)(H,18,19). The fraction of sp³-hybridized carbons (Fsp3) is 0.385. The Morgan fingerprint density at radius 3 is 2.32 bits per heavy atom. The summed E-state index contributed by atoms with van der Waals surface area (Å²) in [4.78, 5) is 22.3. The molecule has 0 aliphatic rings. The van der Waals surface area contributed by atoms with Crippen LogP contribution in [0.15, 0.2) is 24.3 Å². The van der Waals surface area contributed by atoms with Gasteiger partial charge in [0, 0.05) is 6.42 Å². The third kappa shape index (κ3) is 5.46. The number of aryl methyl sites for hydroxylation is 1. The summed E-state index contributed by atoms with van der Waals surface area (Å²) >= 11 is 0. The highest BCUT2D eigenvalue weighted by atomic mass is 19.3. The minimum absolute atomic E-state index is 0.0344. The van der Waals surface area contributed by atoms with Crippen molar-refractivity contribution in [1.82, 2.24) is 5.32 Å². The molecule has 0 radical (unpaired) electrons. The Bertz CT molecular complexity index is 446. The van der Waals surface area contributed by atoms with Crippen molar-refractivity contribution >= 4 is 11.9 Å². The number of carbonyl (C=O) groups excluding carboxylic acids is 1. The summed E-state index contributed by atoms with van der Waals surface area (Å²) in [6.07, 6.45) is -3.71. The zero-order valence-electron chi connectivity index (χ0n) is 10.4. The van der Waals surface area contributed by atoms with Gasteiger partial charge < -0.3 is 10.4 Å². The number of amides is 1. The zero-order valence-corrected chi connectivity index (χ0v) is 10.4. The quantitative estimate of drug-likeness (QED) is 0.828. The lowest BCUT2D eigenvalue weighted by atomic mass is 10.1. The molecule has 0 bridgehead atoms. The van der Waals surface area contributed by atoms with Gasteiger partial charge >= 0.3 is 5.97 Å². The first-order chi connectivity index (χ1) is 8.88. The maximum Gasteiger partial charge on any atom is 0.326 e. The van der Waals surface area contributed by atoms with Crippen LogP contribution in [0.1, 0.15) is 17.5 Å². The molecular weight excluding hydrogens is 256 g/mol. The molecule has 6 heteroatoms. The first kappa shape index (κ1) is 15.1. The van der Waals surface area contributed by atoms with Crippen LogP contribution in [-0.2, 0) is 16.0 Å². The van der Waals surface area contributed by atoms with E-state index in [0.29, 0.717) is 5.56 Å². The molecule has 0 heterocycles. The molecule has 0 aromatic heterocycles. The van der Waals surface area contributed by atoms with E-state index < -0.39 is 30.8 Å². The number of aliphatic carboxylic acids is 1. The average molecular weight is 271 g/mol. The Balaban J connectivity index is 2.57. The van der Waals surface area contributed by atoms with Crippen LogP contribution in [0.3, 0.4) is 0 Å². The van der Waals surface area contributed by atoms with Crippen molar-refractivity contribution in [2.75, 3.05) is 0 Å². The molecule has 2 N–H and O–H groups in total. The van der Waals surface area contributed by atoms with Gasteiger partial charge in [0.2, 0.25) is 12.3 Å². The summed E-state index contributed by atoms with van der Waals surface area (Å²) in [5.74, 6) is -2.05. The normalized spacial score (nSPS) is 12.2. The Morgan fingerprint density at radius 1 is 1.26 bits per heavy atom. The van der Waals surface area contributed by atoms with Gasteiger partial charge in [-0.25, -0.2) is 13.6 Å². The molecule has 0 aliphatic carbocycles. The van der Waals surface area contributed by atoms with E-state index in [1.807, 2.05) is 19.1 Å². The largest absolute Gasteiger partial charge is 0.480 e. The maximum absolute atomic E-state index is 12.2. The van der Waals surface area contributed by atoms with Gasteiger partial charge in [0.15, 0.2) is 0 Å². The van der Waals surface area contributed by atoms with Crippen LogP contribution in [0.25, 0.3) is 0 Å². The molecule has 1 aromatic carbocycles. The summed E-state index contributed by atoms with van der Waals surface area (Å²) in [5, 5.41) is 10.8. The number of hydrogen-bond acceptors (Lipinski definition) is 2. The molecule has 19 heavy (non-hydrogen) atoms. The van der Waals surface area contributed by atoms with Crippen LogP contribution in [0.4, 0.5) is 8.78 Å². The third-order valence-electron chi connectivity index (χ3n) is 2.53. The van der Waals surface area contributed by atoms with E-state index >= 15 is 0 Å². The fourth-order valence-corrected chi connectivity index (χ4v) is 1.54. The van der Waals surface area contributed by atoms with Crippen LogP contribution in [-0.4, -0.2) is 29.5 Å². The molecule has 1 atom stereocenters. The van der Waals surface area contributed by atoms with Gasteiger partial charge in [0.1, 0.15) is 6.04 Å². The smallest absolute Gasteiger partial charge is 0.326 e. The molecule has 1 aromatic rings. The first-order valence-electron chi connectivity index (χ1n) is 5.74. The monoisotopic (exact) mass is 271 g/mol. The number of carboxylic acids is 1. The molecule has 1 amide bonds. The van der Waals surface area contributed by atoms with Crippen molar-refractivity contribution in [3.05, 3.63) is 35.4 Å². The van der Waals surface area contributed by atoms with Gasteiger partial charge in [-0.15, -0.1) is 0 Å². The summed E-state index contributed by atoms with van der Waals surface area (Å²) in [7, 11) is 0. The molecular formula is C13H15F2NO3. The fourth-order valence-electron chi connectivity index (χ4n) is 1.54. The number of benzene rings is 1. The van der Waals surface area contributed by atoms with Crippen molar-refractivity contribution in [3.63, 3.8) is 0 Å². The van der Waals surface area contributed by atoms with E-state index in [4.69, 9.17) is 5.11 Å². The number of halogens is 2. The topological polar surface area (TPSA) is 66.4 Å². The number of alkyl halides is 2. The summed E-state index contributed by atoms with van der Waals surface area (Å²) in [5.41, 5.74) is 1.73. The van der Waals surface area contributed by atoms with Gasteiger partial charge in [-0.2, -0.15) is 0 Å². The SMILES string of the molecule is Cc1ccc(CC(=O)NC(CC(F)F)C(=O)O)cc1. The molecule has 1 unspecified atom stereocenters. The Hall–Kier alpha value is -1.98. The van der Waals surface area contributed by atoms with E-state index in [2.05, 4.69) is 5.32 Å². The van der Waals surface area contributed by atoms with Crippen molar-refractivity contribution in [3.8, 4) is 0 Å². The van der Waals surface area contributed by atoms with Crippen molar-refractivity contribution in [2.24, 2.45) is 0 Å². The number of hydrogen-bond donors (Lipinski definition) is 2. The summed E-state index contributed by atoms with van der Waals surface area (Å²) in [6, 6.07) is 5.54. The Kier molecular flexibility index (Phi) is 5.41. The van der Waals surface area contributed by atoms with E-state index in [-0.39, 0.29) is 6.42 Å². The van der Waals surface area contributed by atoms with Crippen molar-refractivity contribution in [1.29, 1.82) is 0 Å². The van der Waals surface area contributed by atoms with Crippen LogP contribution in [0.2, 0.25) is 0 Å². The first-order valence-corrected chi connectivity index (χ1v) is 5.74. The van der Waals surface area contributed by atoms with Crippen molar-refractivity contribution in [2.45, 2.75) is 32.2 Å². The predicted octanol–water partition coefficient (Wildman–Crippen LogP) is 1.76. The molecule has 0 aliphatic heterocycles. The number of carboxylic acid groups (broad SMARTS) is 1. The third-order valence-corrected chi connectivity index (χ3v) is 2.53. The highest BCUT2D eigenvalue weighted by Crippen LogP contribution is 2.07. The van der Waals surface area contributed by atoms with Crippen LogP contribution < -0.4 is 5.32 Å². The van der Waals surface area contributed by atoms with Crippen molar-refractivity contribution < 1.29 is 23.5 Å². The lowest BCUT2D eigenvalue weighted by Gasteiger charge is -2.14. The minimum atomic E-state index is -2.78. The Labute approximate surface area is 109 Å². The van der Waals surface area contributed by atoms with E-state index in [0.717, 1.165) is 5.56 Å². The second-order valence-corrected chi connectivity index (χ2v) is 4.25. The maximum atomic E-state index is 12.2. The molecule has 104 valence electrons. The minimum Gasteiger partial charge on any atom is -0.480 e. The van der Waals surface area contributed by atoms with Crippen LogP contribution in [0.5, 0.6) is 0 Å². The lowest BCUT2D eigenvalue weighted by molar-refractivity contribution is -0.142. The molecule has 1 rings (SSSR count). The average Bonchev–Trinajstić information content (AvgIpc) is 2.30. The van der Waals surface area contributed by atoms with Crippen LogP contribution >= 0.6 is 0 Å². The second kappa shape index (κ2) is 6.82. The van der Waals surface area contributed by atoms with E-state index in [9.17, 15) is 18.4 Å².